The van der Waals surface area contributed by atoms with Crippen molar-refractivity contribution < 1.29 is 5.11 Å². The van der Waals surface area contributed by atoms with Gasteiger partial charge in [-0.15, -0.1) is 0 Å². The molecule has 5 rings (SSSR count). The van der Waals surface area contributed by atoms with Gasteiger partial charge in [0.15, 0.2) is 0 Å². The molecule has 2 aliphatic rings. The molecule has 0 spiro atoms. The summed E-state index contributed by atoms with van der Waals surface area (Å²) in [6.07, 6.45) is 4.31. The molecule has 2 saturated heterocycles. The zero-order valence-corrected chi connectivity index (χ0v) is 23.3. The molecule has 1 atom stereocenters. The van der Waals surface area contributed by atoms with Crippen LogP contribution in [0.25, 0.3) is 11.0 Å². The van der Waals surface area contributed by atoms with Crippen LogP contribution in [-0.2, 0) is 12.6 Å². The van der Waals surface area contributed by atoms with Gasteiger partial charge in [-0.2, -0.15) is 0 Å². The SMILES string of the molecule is CCC(c1nc2cc(N3CCC(c4cccc(O)c4)(N(C)C)CC3)ccc2n1C)N1CCCN(C)CC1. The van der Waals surface area contributed by atoms with Crippen LogP contribution in [0.4, 0.5) is 5.69 Å². The maximum absolute atomic E-state index is 10.1. The molecule has 0 saturated carbocycles. The number of imidazole rings is 1. The molecule has 3 heterocycles. The number of anilines is 1. The molecule has 3 aromatic rings. The molecular formula is C30H44N6O. The summed E-state index contributed by atoms with van der Waals surface area (Å²) in [5, 5.41) is 10.1. The van der Waals surface area contributed by atoms with Gasteiger partial charge in [0.25, 0.3) is 0 Å². The van der Waals surface area contributed by atoms with Crippen LogP contribution in [0.3, 0.4) is 0 Å². The number of phenols is 1. The van der Waals surface area contributed by atoms with Gasteiger partial charge in [0.1, 0.15) is 11.6 Å². The standard InChI is InChI=1S/C30H44N6O/c1-6-27(36-16-8-15-33(4)19-20-36)29-31-26-22-24(11-12-28(26)34(29)5)35-17-13-30(14-18-35,32(2)3)23-9-7-10-25(37)21-23/h7,9-12,21-22,27,37H,6,8,13-20H2,1-5H3. The first-order valence-corrected chi connectivity index (χ1v) is 13.9. The topological polar surface area (TPSA) is 51.0 Å². The van der Waals surface area contributed by atoms with Crippen LogP contribution in [0.1, 0.15) is 50.0 Å². The van der Waals surface area contributed by atoms with Gasteiger partial charge in [-0.3, -0.25) is 9.80 Å². The summed E-state index contributed by atoms with van der Waals surface area (Å²) in [6, 6.07) is 15.0. The molecule has 2 aromatic carbocycles. The van der Waals surface area contributed by atoms with E-state index in [0.29, 0.717) is 11.8 Å². The highest BCUT2D eigenvalue weighted by Crippen LogP contribution is 2.40. The normalized spacial score (nSPS) is 20.4. The zero-order valence-electron chi connectivity index (χ0n) is 23.3. The van der Waals surface area contributed by atoms with E-state index in [0.717, 1.165) is 57.5 Å². The number of hydrogen-bond donors (Lipinski definition) is 1. The summed E-state index contributed by atoms with van der Waals surface area (Å²) in [7, 11) is 8.73. The minimum Gasteiger partial charge on any atom is -0.508 e. The quantitative estimate of drug-likeness (QED) is 0.536. The van der Waals surface area contributed by atoms with Crippen molar-refractivity contribution in [2.75, 3.05) is 65.3 Å². The average molecular weight is 505 g/mol. The van der Waals surface area contributed by atoms with Crippen molar-refractivity contribution in [3.63, 3.8) is 0 Å². The van der Waals surface area contributed by atoms with E-state index in [1.807, 2.05) is 12.1 Å². The van der Waals surface area contributed by atoms with Crippen molar-refractivity contribution in [3.05, 3.63) is 53.9 Å². The summed E-state index contributed by atoms with van der Waals surface area (Å²) in [4.78, 5) is 15.1. The minimum atomic E-state index is -0.0624. The molecule has 200 valence electrons. The highest BCUT2D eigenvalue weighted by Gasteiger charge is 2.38. The lowest BCUT2D eigenvalue weighted by molar-refractivity contribution is 0.115. The first kappa shape index (κ1) is 26.0. The van der Waals surface area contributed by atoms with E-state index in [1.54, 1.807) is 6.07 Å². The first-order valence-electron chi connectivity index (χ1n) is 13.9. The molecule has 7 heteroatoms. The molecule has 1 unspecified atom stereocenters. The summed E-state index contributed by atoms with van der Waals surface area (Å²) < 4.78 is 2.32. The summed E-state index contributed by atoms with van der Waals surface area (Å²) in [6.45, 7) is 8.77. The number of fused-ring (bicyclic) bond motifs is 1. The predicted octanol–water partition coefficient (Wildman–Crippen LogP) is 4.42. The Hall–Kier alpha value is -2.61. The second-order valence-electron chi connectivity index (χ2n) is 11.3. The van der Waals surface area contributed by atoms with Crippen molar-refractivity contribution in [3.8, 4) is 5.75 Å². The fourth-order valence-electron chi connectivity index (χ4n) is 6.61. The van der Waals surface area contributed by atoms with Crippen LogP contribution in [0.5, 0.6) is 5.75 Å². The fraction of sp³-hybridized carbons (Fsp3) is 0.567. The van der Waals surface area contributed by atoms with E-state index in [9.17, 15) is 5.11 Å². The average Bonchev–Trinajstić information content (AvgIpc) is 3.06. The van der Waals surface area contributed by atoms with Gasteiger partial charge in [0.05, 0.1) is 17.1 Å². The van der Waals surface area contributed by atoms with Gasteiger partial charge in [0.2, 0.25) is 0 Å². The second kappa shape index (κ2) is 10.6. The van der Waals surface area contributed by atoms with Crippen LogP contribution in [0.15, 0.2) is 42.5 Å². The first-order chi connectivity index (χ1) is 17.8. The number of aryl methyl sites for hydroxylation is 1. The Morgan fingerprint density at radius 3 is 2.46 bits per heavy atom. The largest absolute Gasteiger partial charge is 0.508 e. The smallest absolute Gasteiger partial charge is 0.127 e. The zero-order chi connectivity index (χ0) is 26.2. The van der Waals surface area contributed by atoms with Crippen molar-refractivity contribution in [1.82, 2.24) is 24.3 Å². The molecule has 2 fully saturated rings. The Labute approximate surface area is 222 Å². The molecule has 0 radical (unpaired) electrons. The third kappa shape index (κ3) is 4.97. The number of aromatic nitrogens is 2. The maximum Gasteiger partial charge on any atom is 0.127 e. The molecule has 0 aliphatic carbocycles. The van der Waals surface area contributed by atoms with Crippen LogP contribution in [-0.4, -0.2) is 89.8 Å². The molecule has 2 aliphatic heterocycles. The Morgan fingerprint density at radius 2 is 1.76 bits per heavy atom. The van der Waals surface area contributed by atoms with E-state index < -0.39 is 0 Å². The monoisotopic (exact) mass is 504 g/mol. The lowest BCUT2D eigenvalue weighted by atomic mass is 9.79. The van der Waals surface area contributed by atoms with Gasteiger partial charge in [-0.25, -0.2) is 4.98 Å². The lowest BCUT2D eigenvalue weighted by Crippen LogP contribution is -2.50. The minimum absolute atomic E-state index is 0.0624. The molecule has 7 nitrogen and oxygen atoms in total. The summed E-state index contributed by atoms with van der Waals surface area (Å²) in [5.41, 5.74) is 4.70. The third-order valence-electron chi connectivity index (χ3n) is 8.97. The number of phenolic OH excluding ortho intramolecular Hbond substituents is 1. The highest BCUT2D eigenvalue weighted by atomic mass is 16.3. The van der Waals surface area contributed by atoms with Gasteiger partial charge in [0, 0.05) is 51.0 Å². The molecule has 1 aromatic heterocycles. The maximum atomic E-state index is 10.1. The number of benzene rings is 2. The number of piperidine rings is 1. The fourth-order valence-corrected chi connectivity index (χ4v) is 6.61. The molecule has 0 amide bonds. The molecule has 37 heavy (non-hydrogen) atoms. The summed E-state index contributed by atoms with van der Waals surface area (Å²) >= 11 is 0. The number of aromatic hydroxyl groups is 1. The molecule has 1 N–H and O–H groups in total. The molecule has 0 bridgehead atoms. The van der Waals surface area contributed by atoms with E-state index in [4.69, 9.17) is 4.98 Å². The van der Waals surface area contributed by atoms with Crippen LogP contribution < -0.4 is 4.90 Å². The lowest BCUT2D eigenvalue weighted by Gasteiger charge is -2.47. The van der Waals surface area contributed by atoms with Gasteiger partial charge < -0.3 is 19.5 Å². The van der Waals surface area contributed by atoms with Gasteiger partial charge in [-0.05, 0) is 89.3 Å². The number of rotatable bonds is 6. The number of nitrogens with zero attached hydrogens (tertiary/aromatic N) is 6. The van der Waals surface area contributed by atoms with E-state index in [1.165, 1.54) is 35.6 Å². The predicted molar refractivity (Wildman–Crippen MR) is 152 cm³/mol. The Kier molecular flexibility index (Phi) is 7.48. The van der Waals surface area contributed by atoms with Crippen LogP contribution in [0, 0.1) is 0 Å². The summed E-state index contributed by atoms with van der Waals surface area (Å²) in [5.74, 6) is 1.53. The second-order valence-corrected chi connectivity index (χ2v) is 11.3. The van der Waals surface area contributed by atoms with Crippen molar-refractivity contribution in [2.24, 2.45) is 7.05 Å². The van der Waals surface area contributed by atoms with Crippen molar-refractivity contribution in [2.45, 2.75) is 44.2 Å². The molecular weight excluding hydrogens is 460 g/mol. The Balaban J connectivity index is 1.37. The number of hydrogen-bond acceptors (Lipinski definition) is 6. The Bertz CT molecular complexity index is 1210. The Morgan fingerprint density at radius 1 is 0.973 bits per heavy atom. The third-order valence-corrected chi connectivity index (χ3v) is 8.97. The van der Waals surface area contributed by atoms with Crippen molar-refractivity contribution in [1.29, 1.82) is 0 Å². The number of likely N-dealkylation sites (N-methyl/N-ethyl adjacent to an activating group) is 1. The van der Waals surface area contributed by atoms with Crippen LogP contribution in [0.2, 0.25) is 0 Å². The highest BCUT2D eigenvalue weighted by molar-refractivity contribution is 5.80. The van der Waals surface area contributed by atoms with E-state index >= 15 is 0 Å². The van der Waals surface area contributed by atoms with E-state index in [2.05, 4.69) is 83.5 Å². The van der Waals surface area contributed by atoms with Gasteiger partial charge >= 0.3 is 0 Å². The van der Waals surface area contributed by atoms with E-state index in [-0.39, 0.29) is 5.54 Å². The van der Waals surface area contributed by atoms with Gasteiger partial charge in [-0.1, -0.05) is 19.1 Å². The van der Waals surface area contributed by atoms with Crippen molar-refractivity contribution >= 4 is 16.7 Å². The van der Waals surface area contributed by atoms with Crippen LogP contribution >= 0.6 is 0 Å².